The van der Waals surface area contributed by atoms with Gasteiger partial charge < -0.3 is 14.0 Å². The van der Waals surface area contributed by atoms with E-state index in [0.29, 0.717) is 11.8 Å². The highest BCUT2D eigenvalue weighted by molar-refractivity contribution is 5.99. The maximum Gasteiger partial charge on any atom is 0.194 e. The number of fused-ring (bicyclic) bond motifs is 11. The number of nitrogens with zero attached hydrogens (tertiary/aromatic N) is 1. The Balaban J connectivity index is 1.18. The summed E-state index contributed by atoms with van der Waals surface area (Å²) in [6, 6.07) is 28.3. The fraction of sp³-hybridized carbons (Fsp3) is 0.163. The number of benzene rings is 4. The molecule has 3 heteroatoms. The first kappa shape index (κ1) is 26.0. The van der Waals surface area contributed by atoms with Crippen LogP contribution in [-0.2, 0) is 5.41 Å². The Morgan fingerprint density at radius 2 is 1.61 bits per heavy atom. The molecule has 3 atom stereocenters. The number of ether oxygens (including phenoxy) is 2. The van der Waals surface area contributed by atoms with E-state index < -0.39 is 0 Å². The second kappa shape index (κ2) is 9.37. The molecule has 0 bridgehead atoms. The second-order valence-electron chi connectivity index (χ2n) is 13.7. The number of aromatic nitrogens is 1. The molecule has 0 amide bonds. The Morgan fingerprint density at radius 3 is 2.52 bits per heavy atom. The van der Waals surface area contributed by atoms with E-state index in [4.69, 9.17) is 9.47 Å². The van der Waals surface area contributed by atoms with Crippen molar-refractivity contribution in [2.45, 2.75) is 31.6 Å². The molecule has 5 aromatic rings. The van der Waals surface area contributed by atoms with Crippen LogP contribution >= 0.6 is 0 Å². The van der Waals surface area contributed by atoms with Crippen molar-refractivity contribution in [2.24, 2.45) is 11.8 Å². The summed E-state index contributed by atoms with van der Waals surface area (Å²) in [5.41, 5.74) is 11.6. The maximum absolute atomic E-state index is 6.69. The summed E-state index contributed by atoms with van der Waals surface area (Å²) < 4.78 is 15.6. The molecule has 4 aromatic carbocycles. The molecule has 2 heterocycles. The number of allylic oxidation sites excluding steroid dienone is 9. The van der Waals surface area contributed by atoms with Crippen molar-refractivity contribution >= 4 is 22.6 Å². The molecule has 1 aromatic heterocycles. The molecule has 46 heavy (non-hydrogen) atoms. The van der Waals surface area contributed by atoms with Gasteiger partial charge in [0.2, 0.25) is 0 Å². The van der Waals surface area contributed by atoms with Gasteiger partial charge in [0.25, 0.3) is 0 Å². The summed E-state index contributed by atoms with van der Waals surface area (Å²) in [6.45, 7) is 4.82. The van der Waals surface area contributed by atoms with Gasteiger partial charge in [-0.25, -0.2) is 0 Å². The molecule has 3 unspecified atom stereocenters. The Hall–Kier alpha value is -5.28. The molecule has 5 aliphatic rings. The van der Waals surface area contributed by atoms with Crippen molar-refractivity contribution in [3.8, 4) is 39.8 Å². The lowest BCUT2D eigenvalue weighted by molar-refractivity contribution is 0.362. The van der Waals surface area contributed by atoms with E-state index in [1.165, 1.54) is 44.5 Å². The van der Waals surface area contributed by atoms with Crippen molar-refractivity contribution in [3.63, 3.8) is 0 Å². The van der Waals surface area contributed by atoms with Crippen molar-refractivity contribution < 1.29 is 9.47 Å². The SMILES string of the molecule is CC1(C)c2cc(-c3cccc(-n4c5c(c6ccc7c(c64)Oc4ccccc4O7)C=CC4C=CC=CC54)c3)ccc2C2=CC=CCC21. The van der Waals surface area contributed by atoms with Gasteiger partial charge in [0.1, 0.15) is 5.52 Å². The summed E-state index contributed by atoms with van der Waals surface area (Å²) >= 11 is 0. The maximum atomic E-state index is 6.69. The summed E-state index contributed by atoms with van der Waals surface area (Å²) in [5, 5.41) is 1.17. The van der Waals surface area contributed by atoms with Gasteiger partial charge in [0.15, 0.2) is 23.0 Å². The molecule has 0 saturated carbocycles. The lowest BCUT2D eigenvalue weighted by atomic mass is 9.74. The molecule has 1 aliphatic heterocycles. The Kier molecular flexibility index (Phi) is 5.29. The van der Waals surface area contributed by atoms with Gasteiger partial charge in [-0.05, 0) is 88.0 Å². The van der Waals surface area contributed by atoms with E-state index in [2.05, 4.69) is 128 Å². The molecule has 0 fully saturated rings. The summed E-state index contributed by atoms with van der Waals surface area (Å²) in [4.78, 5) is 0. The van der Waals surface area contributed by atoms with Crippen LogP contribution in [0.4, 0.5) is 0 Å². The Labute approximate surface area is 269 Å². The van der Waals surface area contributed by atoms with E-state index in [1.807, 2.05) is 24.3 Å². The Bertz CT molecular complexity index is 2290. The third-order valence-corrected chi connectivity index (χ3v) is 10.9. The van der Waals surface area contributed by atoms with Gasteiger partial charge in [-0.1, -0.05) is 105 Å². The van der Waals surface area contributed by atoms with Crippen molar-refractivity contribution in [1.82, 2.24) is 4.57 Å². The van der Waals surface area contributed by atoms with Crippen LogP contribution in [0.3, 0.4) is 0 Å². The zero-order valence-electron chi connectivity index (χ0n) is 25.9. The fourth-order valence-corrected chi connectivity index (χ4v) is 8.57. The fourth-order valence-electron chi connectivity index (χ4n) is 8.57. The minimum absolute atomic E-state index is 0.0874. The average Bonchev–Trinajstić information content (AvgIpc) is 3.57. The minimum Gasteiger partial charge on any atom is -0.449 e. The third-order valence-electron chi connectivity index (χ3n) is 10.9. The summed E-state index contributed by atoms with van der Waals surface area (Å²) in [7, 11) is 0. The topological polar surface area (TPSA) is 23.4 Å². The van der Waals surface area contributed by atoms with Crippen LogP contribution in [-0.4, -0.2) is 4.57 Å². The number of hydrogen-bond acceptors (Lipinski definition) is 2. The van der Waals surface area contributed by atoms with Crippen LogP contribution in [0.15, 0.2) is 127 Å². The lowest BCUT2D eigenvalue weighted by Gasteiger charge is -2.29. The standard InChI is InChI=1S/C43H33NO2/c1-43(2)35-15-6-5-14-31(35)32-20-19-28(25-36(32)43)27-11-9-12-29(24-27)44-40-30-13-4-3-10-26(30)18-21-33(40)34-22-23-39-42(41(34)44)46-38-17-8-7-16-37(38)45-39/h3-14,16-26,30,35H,15H2,1-2H3. The molecule has 10 rings (SSSR count). The van der Waals surface area contributed by atoms with E-state index in [-0.39, 0.29) is 11.3 Å². The lowest BCUT2D eigenvalue weighted by Crippen LogP contribution is -2.23. The second-order valence-corrected chi connectivity index (χ2v) is 13.7. The van der Waals surface area contributed by atoms with Gasteiger partial charge in [0.05, 0.1) is 0 Å². The van der Waals surface area contributed by atoms with Crippen molar-refractivity contribution in [3.05, 3.63) is 150 Å². The van der Waals surface area contributed by atoms with Gasteiger partial charge in [-0.2, -0.15) is 0 Å². The number of rotatable bonds is 2. The zero-order valence-corrected chi connectivity index (χ0v) is 25.9. The molecule has 4 aliphatic carbocycles. The largest absolute Gasteiger partial charge is 0.449 e. The van der Waals surface area contributed by atoms with E-state index in [0.717, 1.165) is 40.6 Å². The van der Waals surface area contributed by atoms with Crippen molar-refractivity contribution in [1.29, 1.82) is 0 Å². The van der Waals surface area contributed by atoms with E-state index in [9.17, 15) is 0 Å². The number of para-hydroxylation sites is 2. The Morgan fingerprint density at radius 1 is 0.761 bits per heavy atom. The molecule has 0 N–H and O–H groups in total. The molecule has 0 spiro atoms. The molecule has 0 saturated heterocycles. The predicted molar refractivity (Wildman–Crippen MR) is 187 cm³/mol. The van der Waals surface area contributed by atoms with Crippen LogP contribution in [0, 0.1) is 11.8 Å². The normalized spacial score (nSPS) is 22.1. The molecular weight excluding hydrogens is 562 g/mol. The van der Waals surface area contributed by atoms with Crippen LogP contribution < -0.4 is 9.47 Å². The predicted octanol–water partition coefficient (Wildman–Crippen LogP) is 11.3. The van der Waals surface area contributed by atoms with Crippen LogP contribution in [0.2, 0.25) is 0 Å². The van der Waals surface area contributed by atoms with Gasteiger partial charge >= 0.3 is 0 Å². The van der Waals surface area contributed by atoms with Crippen LogP contribution in [0.25, 0.3) is 39.4 Å². The highest BCUT2D eigenvalue weighted by Crippen LogP contribution is 2.55. The first-order valence-electron chi connectivity index (χ1n) is 16.4. The van der Waals surface area contributed by atoms with Crippen LogP contribution in [0.1, 0.15) is 48.6 Å². The van der Waals surface area contributed by atoms with E-state index >= 15 is 0 Å². The highest BCUT2D eigenvalue weighted by Gasteiger charge is 2.42. The first-order chi connectivity index (χ1) is 22.6. The van der Waals surface area contributed by atoms with E-state index in [1.54, 1.807) is 0 Å². The van der Waals surface area contributed by atoms with Crippen molar-refractivity contribution in [2.75, 3.05) is 0 Å². The first-order valence-corrected chi connectivity index (χ1v) is 16.4. The van der Waals surface area contributed by atoms with Gasteiger partial charge in [0, 0.05) is 34.2 Å². The third kappa shape index (κ3) is 3.54. The summed E-state index contributed by atoms with van der Waals surface area (Å²) in [6.07, 6.45) is 21.6. The zero-order chi connectivity index (χ0) is 30.6. The minimum atomic E-state index is 0.0874. The molecule has 3 nitrogen and oxygen atoms in total. The molecular formula is C43H33NO2. The van der Waals surface area contributed by atoms with Crippen LogP contribution in [0.5, 0.6) is 23.0 Å². The average molecular weight is 596 g/mol. The van der Waals surface area contributed by atoms with Gasteiger partial charge in [-0.3, -0.25) is 0 Å². The quantitative estimate of drug-likeness (QED) is 0.199. The smallest absolute Gasteiger partial charge is 0.194 e. The molecule has 0 radical (unpaired) electrons. The highest BCUT2D eigenvalue weighted by atomic mass is 16.6. The number of hydrogen-bond donors (Lipinski definition) is 0. The monoisotopic (exact) mass is 595 g/mol. The van der Waals surface area contributed by atoms with Gasteiger partial charge in [-0.15, -0.1) is 0 Å². The molecule has 222 valence electrons. The summed E-state index contributed by atoms with van der Waals surface area (Å²) in [5.74, 6) is 4.05.